The highest BCUT2D eigenvalue weighted by Gasteiger charge is 2.16. The number of carbonyl (C=O) groups is 2. The Bertz CT molecular complexity index is 852. The van der Waals surface area contributed by atoms with E-state index in [9.17, 15) is 14.0 Å². The predicted molar refractivity (Wildman–Crippen MR) is 101 cm³/mol. The van der Waals surface area contributed by atoms with Gasteiger partial charge in [0, 0.05) is 24.4 Å². The summed E-state index contributed by atoms with van der Waals surface area (Å²) >= 11 is 0. The first-order chi connectivity index (χ1) is 13.5. The van der Waals surface area contributed by atoms with Crippen molar-refractivity contribution in [1.82, 2.24) is 0 Å². The van der Waals surface area contributed by atoms with E-state index in [2.05, 4.69) is 10.6 Å². The molecule has 0 aliphatic carbocycles. The zero-order valence-corrected chi connectivity index (χ0v) is 15.1. The van der Waals surface area contributed by atoms with Crippen LogP contribution in [0.5, 0.6) is 5.75 Å². The Kier molecular flexibility index (Phi) is 6.44. The van der Waals surface area contributed by atoms with E-state index < -0.39 is 24.3 Å². The molecule has 1 saturated heterocycles. The van der Waals surface area contributed by atoms with Gasteiger partial charge in [0.15, 0.2) is 6.61 Å². The van der Waals surface area contributed by atoms with Gasteiger partial charge in [-0.05, 0) is 49.2 Å². The molecular formula is C20H21FN2O5. The topological polar surface area (TPSA) is 96.9 Å². The summed E-state index contributed by atoms with van der Waals surface area (Å²) in [6, 6.07) is 10.5. The molecule has 1 atom stereocenters. The van der Waals surface area contributed by atoms with Crippen LogP contribution >= 0.6 is 0 Å². The molecule has 0 aromatic heterocycles. The van der Waals surface area contributed by atoms with E-state index in [0.717, 1.165) is 19.4 Å². The van der Waals surface area contributed by atoms with Gasteiger partial charge in [0.2, 0.25) is 0 Å². The lowest BCUT2D eigenvalue weighted by Crippen LogP contribution is -2.19. The number of hydrogen-bond donors (Lipinski definition) is 3. The molecule has 0 saturated carbocycles. The molecule has 1 aliphatic rings. The second-order valence-corrected chi connectivity index (χ2v) is 6.37. The number of aliphatic carboxylic acids is 1. The lowest BCUT2D eigenvalue weighted by molar-refractivity contribution is -0.139. The molecule has 0 bridgehead atoms. The summed E-state index contributed by atoms with van der Waals surface area (Å²) in [6.07, 6.45) is 2.06. The normalized spacial score (nSPS) is 15.8. The van der Waals surface area contributed by atoms with Crippen molar-refractivity contribution in [2.45, 2.75) is 18.9 Å². The van der Waals surface area contributed by atoms with E-state index in [1.165, 1.54) is 12.1 Å². The van der Waals surface area contributed by atoms with Crippen LogP contribution in [0.4, 0.5) is 15.8 Å². The van der Waals surface area contributed by atoms with Crippen molar-refractivity contribution in [3.63, 3.8) is 0 Å². The molecule has 7 nitrogen and oxygen atoms in total. The number of benzene rings is 2. The third kappa shape index (κ3) is 5.43. The SMILES string of the molecule is O=C(O)COc1cccc(C(=O)Nc2ccc(NCC3CCCO3)c(F)c2)c1. The van der Waals surface area contributed by atoms with Crippen molar-refractivity contribution >= 4 is 23.3 Å². The molecular weight excluding hydrogens is 367 g/mol. The third-order valence-corrected chi connectivity index (χ3v) is 4.23. The van der Waals surface area contributed by atoms with Gasteiger partial charge < -0.3 is 25.2 Å². The number of amides is 1. The minimum absolute atomic E-state index is 0.0920. The Balaban J connectivity index is 1.59. The average Bonchev–Trinajstić information content (AvgIpc) is 3.19. The highest BCUT2D eigenvalue weighted by atomic mass is 19.1. The van der Waals surface area contributed by atoms with Crippen LogP contribution in [0.25, 0.3) is 0 Å². The molecule has 1 unspecified atom stereocenters. The van der Waals surface area contributed by atoms with Gasteiger partial charge in [0.25, 0.3) is 5.91 Å². The van der Waals surface area contributed by atoms with Gasteiger partial charge in [-0.25, -0.2) is 9.18 Å². The Labute approximate surface area is 161 Å². The molecule has 148 valence electrons. The van der Waals surface area contributed by atoms with Crippen LogP contribution in [0.15, 0.2) is 42.5 Å². The fourth-order valence-electron chi connectivity index (χ4n) is 2.84. The highest BCUT2D eigenvalue weighted by Crippen LogP contribution is 2.21. The molecule has 3 N–H and O–H groups in total. The molecule has 3 rings (SSSR count). The lowest BCUT2D eigenvalue weighted by atomic mass is 10.2. The molecule has 1 aliphatic heterocycles. The second-order valence-electron chi connectivity index (χ2n) is 6.37. The maximum atomic E-state index is 14.3. The van der Waals surface area contributed by atoms with E-state index in [1.54, 1.807) is 30.3 Å². The molecule has 28 heavy (non-hydrogen) atoms. The minimum Gasteiger partial charge on any atom is -0.482 e. The van der Waals surface area contributed by atoms with E-state index in [4.69, 9.17) is 14.6 Å². The Morgan fingerprint density at radius 1 is 1.25 bits per heavy atom. The third-order valence-electron chi connectivity index (χ3n) is 4.23. The quantitative estimate of drug-likeness (QED) is 0.643. The van der Waals surface area contributed by atoms with E-state index in [0.29, 0.717) is 17.9 Å². The molecule has 1 heterocycles. The molecule has 1 amide bonds. The monoisotopic (exact) mass is 388 g/mol. The zero-order valence-electron chi connectivity index (χ0n) is 15.1. The molecule has 8 heteroatoms. The van der Waals surface area contributed by atoms with Crippen molar-refractivity contribution < 1.29 is 28.6 Å². The maximum absolute atomic E-state index is 14.3. The number of nitrogens with one attached hydrogen (secondary N) is 2. The maximum Gasteiger partial charge on any atom is 0.341 e. The number of carboxylic acid groups (broad SMARTS) is 1. The van der Waals surface area contributed by atoms with Gasteiger partial charge in [-0.1, -0.05) is 6.07 Å². The van der Waals surface area contributed by atoms with E-state index in [-0.39, 0.29) is 17.4 Å². The summed E-state index contributed by atoms with van der Waals surface area (Å²) in [5, 5.41) is 14.3. The fraction of sp³-hybridized carbons (Fsp3) is 0.300. The lowest BCUT2D eigenvalue weighted by Gasteiger charge is -2.13. The number of carbonyl (C=O) groups excluding carboxylic acids is 1. The summed E-state index contributed by atoms with van der Waals surface area (Å²) < 4.78 is 24.8. The molecule has 0 spiro atoms. The van der Waals surface area contributed by atoms with Gasteiger partial charge in [-0.15, -0.1) is 0 Å². The zero-order chi connectivity index (χ0) is 19.9. The number of anilines is 2. The number of halogens is 1. The van der Waals surface area contributed by atoms with Crippen molar-refractivity contribution in [2.75, 3.05) is 30.4 Å². The van der Waals surface area contributed by atoms with Crippen LogP contribution in [0.2, 0.25) is 0 Å². The van der Waals surface area contributed by atoms with Gasteiger partial charge in [-0.2, -0.15) is 0 Å². The Morgan fingerprint density at radius 2 is 2.11 bits per heavy atom. The number of hydrogen-bond acceptors (Lipinski definition) is 5. The van der Waals surface area contributed by atoms with Crippen molar-refractivity contribution in [3.8, 4) is 5.75 Å². The van der Waals surface area contributed by atoms with E-state index >= 15 is 0 Å². The number of ether oxygens (including phenoxy) is 2. The van der Waals surface area contributed by atoms with Crippen molar-refractivity contribution in [3.05, 3.63) is 53.8 Å². The molecule has 1 fully saturated rings. The number of rotatable bonds is 8. The Hall–Kier alpha value is -3.13. The summed E-state index contributed by atoms with van der Waals surface area (Å²) in [5.74, 6) is -1.79. The second kappa shape index (κ2) is 9.18. The molecule has 2 aromatic rings. The van der Waals surface area contributed by atoms with Gasteiger partial charge >= 0.3 is 5.97 Å². The first kappa shape index (κ1) is 19.6. The predicted octanol–water partition coefficient (Wildman–Crippen LogP) is 3.13. The summed E-state index contributed by atoms with van der Waals surface area (Å²) in [6.45, 7) is 0.769. The minimum atomic E-state index is -1.11. The first-order valence-electron chi connectivity index (χ1n) is 8.92. The number of carboxylic acids is 1. The van der Waals surface area contributed by atoms with Crippen LogP contribution in [-0.4, -0.2) is 42.8 Å². The first-order valence-corrected chi connectivity index (χ1v) is 8.92. The van der Waals surface area contributed by atoms with Crippen molar-refractivity contribution in [2.24, 2.45) is 0 Å². The van der Waals surface area contributed by atoms with Gasteiger partial charge in [0.1, 0.15) is 11.6 Å². The van der Waals surface area contributed by atoms with Crippen molar-refractivity contribution in [1.29, 1.82) is 0 Å². The largest absolute Gasteiger partial charge is 0.482 e. The van der Waals surface area contributed by atoms with Gasteiger partial charge in [0.05, 0.1) is 11.8 Å². The summed E-state index contributed by atoms with van der Waals surface area (Å²) in [7, 11) is 0. The van der Waals surface area contributed by atoms with Gasteiger partial charge in [-0.3, -0.25) is 4.79 Å². The Morgan fingerprint density at radius 3 is 2.82 bits per heavy atom. The molecule has 2 aromatic carbocycles. The van der Waals surface area contributed by atoms with Crippen LogP contribution in [0, 0.1) is 5.82 Å². The average molecular weight is 388 g/mol. The van der Waals surface area contributed by atoms with Crippen LogP contribution < -0.4 is 15.4 Å². The standard InChI is InChI=1S/C20H21FN2O5/c21-17-10-14(6-7-18(17)22-11-16-5-2-8-27-16)23-20(26)13-3-1-4-15(9-13)28-12-19(24)25/h1,3-4,6-7,9-10,16,22H,2,5,8,11-12H2,(H,23,26)(H,24,25). The summed E-state index contributed by atoms with van der Waals surface area (Å²) in [4.78, 5) is 22.9. The van der Waals surface area contributed by atoms with Crippen LogP contribution in [0.3, 0.4) is 0 Å². The molecule has 0 radical (unpaired) electrons. The van der Waals surface area contributed by atoms with Crippen LogP contribution in [0.1, 0.15) is 23.2 Å². The highest BCUT2D eigenvalue weighted by molar-refractivity contribution is 6.04. The smallest absolute Gasteiger partial charge is 0.341 e. The fourth-order valence-corrected chi connectivity index (χ4v) is 2.84. The summed E-state index contributed by atoms with van der Waals surface area (Å²) in [5.41, 5.74) is 0.920. The van der Waals surface area contributed by atoms with E-state index in [1.807, 2.05) is 0 Å². The van der Waals surface area contributed by atoms with Crippen LogP contribution in [-0.2, 0) is 9.53 Å².